The van der Waals surface area contributed by atoms with E-state index in [4.69, 9.17) is 25.8 Å². The minimum atomic E-state index is -0.743. The molecule has 0 bridgehead atoms. The van der Waals surface area contributed by atoms with Gasteiger partial charge in [0.05, 0.1) is 25.4 Å². The van der Waals surface area contributed by atoms with Gasteiger partial charge in [-0.15, -0.1) is 0 Å². The van der Waals surface area contributed by atoms with Gasteiger partial charge < -0.3 is 19.3 Å². The molecule has 0 aromatic heterocycles. The van der Waals surface area contributed by atoms with Gasteiger partial charge in [-0.05, 0) is 68.3 Å². The molecule has 4 fully saturated rings. The number of fused-ring (bicyclic) bond motifs is 5. The Kier molecular flexibility index (Phi) is 5.17. The average molecular weight is 451 g/mol. The van der Waals surface area contributed by atoms with E-state index in [-0.39, 0.29) is 21.8 Å². The zero-order valence-electron chi connectivity index (χ0n) is 19.0. The third kappa shape index (κ3) is 2.96. The molecule has 5 nitrogen and oxygen atoms in total. The highest BCUT2D eigenvalue weighted by Gasteiger charge is 2.66. The van der Waals surface area contributed by atoms with Crippen molar-refractivity contribution in [2.75, 3.05) is 19.8 Å². The molecule has 1 N–H and O–H groups in total. The van der Waals surface area contributed by atoms with Crippen LogP contribution in [0.15, 0.2) is 22.3 Å². The highest BCUT2D eigenvalue weighted by Crippen LogP contribution is 2.69. The van der Waals surface area contributed by atoms with Crippen LogP contribution in [0.2, 0.25) is 0 Å². The number of esters is 1. The van der Waals surface area contributed by atoms with E-state index in [1.807, 2.05) is 0 Å². The van der Waals surface area contributed by atoms with E-state index < -0.39 is 17.4 Å². The summed E-state index contributed by atoms with van der Waals surface area (Å²) >= 11 is 6.55. The zero-order valence-corrected chi connectivity index (χ0v) is 19.7. The molecular formula is C25H35ClO5. The van der Waals surface area contributed by atoms with Gasteiger partial charge in [0, 0.05) is 18.3 Å². The fourth-order valence-corrected chi connectivity index (χ4v) is 8.14. The Morgan fingerprint density at radius 3 is 2.65 bits per heavy atom. The summed E-state index contributed by atoms with van der Waals surface area (Å²) in [6.45, 7) is 7.95. The smallest absolute Gasteiger partial charge is 0.349 e. The van der Waals surface area contributed by atoms with Crippen molar-refractivity contribution in [2.45, 2.75) is 83.5 Å². The van der Waals surface area contributed by atoms with Crippen molar-refractivity contribution in [3.05, 3.63) is 22.3 Å². The van der Waals surface area contributed by atoms with Crippen molar-refractivity contribution < 1.29 is 24.1 Å². The minimum Gasteiger partial charge on any atom is -0.462 e. The summed E-state index contributed by atoms with van der Waals surface area (Å²) < 4.78 is 17.2. The first kappa shape index (κ1) is 21.9. The van der Waals surface area contributed by atoms with Crippen molar-refractivity contribution >= 4 is 17.6 Å². The van der Waals surface area contributed by atoms with Crippen LogP contribution >= 0.6 is 11.6 Å². The third-order valence-corrected chi connectivity index (χ3v) is 10.0. The van der Waals surface area contributed by atoms with Gasteiger partial charge in [0.25, 0.3) is 0 Å². The molecule has 5 aliphatic rings. The maximum absolute atomic E-state index is 12.4. The summed E-state index contributed by atoms with van der Waals surface area (Å²) in [5, 5.41) is 12.6. The fourth-order valence-electron chi connectivity index (χ4n) is 7.78. The molecule has 3 saturated carbocycles. The molecule has 1 spiro atoms. The first-order valence-electron chi connectivity index (χ1n) is 12.0. The summed E-state index contributed by atoms with van der Waals surface area (Å²) in [6.07, 6.45) is 9.04. The number of aliphatic hydroxyl groups is 1. The van der Waals surface area contributed by atoms with Gasteiger partial charge >= 0.3 is 5.97 Å². The second-order valence-electron chi connectivity index (χ2n) is 10.7. The summed E-state index contributed by atoms with van der Waals surface area (Å²) in [5.41, 5.74) is 1.19. The lowest BCUT2D eigenvalue weighted by molar-refractivity contribution is -0.218. The van der Waals surface area contributed by atoms with Crippen molar-refractivity contribution in [3.8, 4) is 0 Å². The average Bonchev–Trinajstić information content (AvgIpc) is 3.34. The Hall–Kier alpha value is -0.880. The van der Waals surface area contributed by atoms with Crippen LogP contribution in [0.1, 0.15) is 72.1 Å². The molecule has 1 saturated heterocycles. The van der Waals surface area contributed by atoms with E-state index in [2.05, 4.69) is 19.9 Å². The topological polar surface area (TPSA) is 65.0 Å². The molecule has 0 aromatic carbocycles. The van der Waals surface area contributed by atoms with E-state index in [9.17, 15) is 9.90 Å². The van der Waals surface area contributed by atoms with Crippen LogP contribution in [0.4, 0.5) is 0 Å². The van der Waals surface area contributed by atoms with E-state index >= 15 is 0 Å². The fraction of sp³-hybridized carbons (Fsp3) is 0.800. The SMILES string of the molecule is CCOC(=O)C(Cl)=C1CC[C@H]2[C@@H]3CC=C4CC5(CC[C@]4(C)[C@@]3(O)CC[C@]12C)OCCO5. The lowest BCUT2D eigenvalue weighted by Gasteiger charge is -2.63. The highest BCUT2D eigenvalue weighted by molar-refractivity contribution is 6.41. The standard InChI is InChI=1S/C25H35ClO5/c1-4-29-21(27)20(26)19-8-7-17-18-6-5-16-15-24(30-13-14-31-24)11-10-23(16,3)25(18,28)12-9-22(17,19)2/h5,17-18,28H,4,6-15H2,1-3H3/t17-,18-,22-,23-,25+/m0/s1. The van der Waals surface area contributed by atoms with Crippen LogP contribution in [0.3, 0.4) is 0 Å². The maximum Gasteiger partial charge on any atom is 0.349 e. The van der Waals surface area contributed by atoms with Crippen LogP contribution in [0.5, 0.6) is 0 Å². The molecule has 1 heterocycles. The predicted octanol–water partition coefficient (Wildman–Crippen LogP) is 4.86. The van der Waals surface area contributed by atoms with E-state index in [1.165, 1.54) is 5.57 Å². The van der Waals surface area contributed by atoms with Gasteiger partial charge in [0.1, 0.15) is 5.03 Å². The van der Waals surface area contributed by atoms with E-state index in [0.717, 1.165) is 56.9 Å². The quantitative estimate of drug-likeness (QED) is 0.369. The number of halogens is 1. The first-order chi connectivity index (χ1) is 14.7. The summed E-state index contributed by atoms with van der Waals surface area (Å²) in [7, 11) is 0. The molecule has 4 aliphatic carbocycles. The third-order valence-electron chi connectivity index (χ3n) is 9.62. The number of allylic oxidation sites excluding steroid dienone is 2. The van der Waals surface area contributed by atoms with E-state index in [1.54, 1.807) is 6.92 Å². The molecule has 172 valence electrons. The second-order valence-corrected chi connectivity index (χ2v) is 11.1. The Labute approximate surface area is 190 Å². The number of hydrogen-bond acceptors (Lipinski definition) is 5. The molecule has 5 atom stereocenters. The summed E-state index contributed by atoms with van der Waals surface area (Å²) in [5.74, 6) is -0.403. The lowest BCUT2D eigenvalue weighted by atomic mass is 9.45. The summed E-state index contributed by atoms with van der Waals surface area (Å²) in [4.78, 5) is 12.4. The van der Waals surface area contributed by atoms with Crippen LogP contribution in [0.25, 0.3) is 0 Å². The number of carbonyl (C=O) groups is 1. The van der Waals surface area contributed by atoms with Crippen LogP contribution < -0.4 is 0 Å². The number of hydrogen-bond donors (Lipinski definition) is 1. The molecular weight excluding hydrogens is 416 g/mol. The molecule has 1 aliphatic heterocycles. The normalized spacial score (nSPS) is 44.9. The van der Waals surface area contributed by atoms with Crippen molar-refractivity contribution in [1.82, 2.24) is 0 Å². The Morgan fingerprint density at radius 2 is 1.94 bits per heavy atom. The van der Waals surface area contributed by atoms with Gasteiger partial charge in [0.15, 0.2) is 5.79 Å². The maximum atomic E-state index is 12.4. The van der Waals surface area contributed by atoms with E-state index in [0.29, 0.717) is 25.7 Å². The minimum absolute atomic E-state index is 0.157. The summed E-state index contributed by atoms with van der Waals surface area (Å²) in [6, 6.07) is 0. The molecule has 0 aromatic rings. The predicted molar refractivity (Wildman–Crippen MR) is 117 cm³/mol. The Morgan fingerprint density at radius 1 is 1.19 bits per heavy atom. The van der Waals surface area contributed by atoms with Crippen molar-refractivity contribution in [2.24, 2.45) is 22.7 Å². The zero-order chi connectivity index (χ0) is 22.1. The van der Waals surface area contributed by atoms with Crippen LogP contribution in [0, 0.1) is 22.7 Å². The molecule has 0 amide bonds. The molecule has 0 unspecified atom stereocenters. The van der Waals surface area contributed by atoms with Crippen LogP contribution in [-0.2, 0) is 19.0 Å². The number of carbonyl (C=O) groups excluding carboxylic acids is 1. The molecule has 31 heavy (non-hydrogen) atoms. The van der Waals surface area contributed by atoms with Crippen molar-refractivity contribution in [1.29, 1.82) is 0 Å². The van der Waals surface area contributed by atoms with Gasteiger partial charge in [-0.3, -0.25) is 0 Å². The monoisotopic (exact) mass is 450 g/mol. The Balaban J connectivity index is 1.47. The number of ether oxygens (including phenoxy) is 3. The molecule has 5 rings (SSSR count). The first-order valence-corrected chi connectivity index (χ1v) is 12.3. The Bertz CT molecular complexity index is 843. The van der Waals surface area contributed by atoms with Gasteiger partial charge in [-0.25, -0.2) is 4.79 Å². The molecule has 6 heteroatoms. The van der Waals surface area contributed by atoms with Gasteiger partial charge in [-0.1, -0.05) is 37.1 Å². The highest BCUT2D eigenvalue weighted by atomic mass is 35.5. The largest absolute Gasteiger partial charge is 0.462 e. The van der Waals surface area contributed by atoms with Gasteiger partial charge in [0.2, 0.25) is 0 Å². The molecule has 0 radical (unpaired) electrons. The van der Waals surface area contributed by atoms with Crippen molar-refractivity contribution in [3.63, 3.8) is 0 Å². The lowest BCUT2D eigenvalue weighted by Crippen LogP contribution is -2.63. The van der Waals surface area contributed by atoms with Gasteiger partial charge in [-0.2, -0.15) is 0 Å². The second kappa shape index (κ2) is 7.31. The van der Waals surface area contributed by atoms with Crippen LogP contribution in [-0.4, -0.2) is 42.3 Å². The number of rotatable bonds is 2.